The molecule has 0 aliphatic heterocycles. The molecule has 3 nitrogen and oxygen atoms in total. The van der Waals surface area contributed by atoms with Gasteiger partial charge in [0.1, 0.15) is 0 Å². The molecule has 2 aromatic carbocycles. The Hall–Kier alpha value is -2.07. The summed E-state index contributed by atoms with van der Waals surface area (Å²) in [6, 6.07) is 17.0. The normalized spacial score (nSPS) is 16.5. The van der Waals surface area contributed by atoms with Crippen LogP contribution < -0.4 is 5.43 Å². The largest absolute Gasteiger partial charge is 0.272 e. The summed E-state index contributed by atoms with van der Waals surface area (Å²) in [6.45, 7) is 0. The lowest BCUT2D eigenvalue weighted by Crippen LogP contribution is -2.22. The third-order valence-corrected chi connectivity index (χ3v) is 6.45. The molecule has 0 atom stereocenters. The van der Waals surface area contributed by atoms with Gasteiger partial charge in [0, 0.05) is 5.71 Å². The fourth-order valence-corrected chi connectivity index (χ4v) is 5.02. The van der Waals surface area contributed by atoms with Gasteiger partial charge in [-0.1, -0.05) is 61.4 Å². The molecule has 0 radical (unpaired) electrons. The number of benzene rings is 2. The van der Waals surface area contributed by atoms with E-state index in [1.54, 1.807) is 11.8 Å². The van der Waals surface area contributed by atoms with E-state index in [1.165, 1.54) is 47.9 Å². The van der Waals surface area contributed by atoms with Gasteiger partial charge in [-0.15, -0.1) is 11.8 Å². The van der Waals surface area contributed by atoms with E-state index in [1.807, 2.05) is 0 Å². The molecule has 134 valence electrons. The smallest absolute Gasteiger partial charge is 0.250 e. The van der Waals surface area contributed by atoms with Gasteiger partial charge in [-0.2, -0.15) is 5.10 Å². The Labute approximate surface area is 159 Å². The summed E-state index contributed by atoms with van der Waals surface area (Å²) >= 11 is 1.69. The molecular formula is C22H24N2OS. The zero-order valence-corrected chi connectivity index (χ0v) is 15.7. The Balaban J connectivity index is 1.41. The van der Waals surface area contributed by atoms with Gasteiger partial charge in [0.2, 0.25) is 5.91 Å². The number of amides is 1. The first kappa shape index (κ1) is 17.3. The lowest BCUT2D eigenvalue weighted by Gasteiger charge is -2.12. The van der Waals surface area contributed by atoms with Crippen LogP contribution in [0.1, 0.15) is 54.9 Å². The monoisotopic (exact) mass is 364 g/mol. The Kier molecular flexibility index (Phi) is 5.40. The Morgan fingerprint density at radius 1 is 0.923 bits per heavy atom. The van der Waals surface area contributed by atoms with Gasteiger partial charge in [-0.25, -0.2) is 5.43 Å². The average Bonchev–Trinajstić information content (AvgIpc) is 2.82. The van der Waals surface area contributed by atoms with E-state index in [9.17, 15) is 4.79 Å². The molecule has 0 spiro atoms. The van der Waals surface area contributed by atoms with Gasteiger partial charge in [-0.05, 0) is 47.9 Å². The fourth-order valence-electron chi connectivity index (χ4n) is 3.87. The van der Waals surface area contributed by atoms with Gasteiger partial charge in [0.15, 0.2) is 0 Å². The number of carbonyl (C=O) groups is 1. The molecular weight excluding hydrogens is 340 g/mol. The fraction of sp³-hybridized carbons (Fsp3) is 0.364. The van der Waals surface area contributed by atoms with Crippen molar-refractivity contribution in [2.24, 2.45) is 5.10 Å². The van der Waals surface area contributed by atoms with Crippen molar-refractivity contribution in [2.45, 2.75) is 43.8 Å². The van der Waals surface area contributed by atoms with E-state index in [0.29, 0.717) is 5.75 Å². The van der Waals surface area contributed by atoms with E-state index < -0.39 is 0 Å². The SMILES string of the molecule is O=C(CSC1c2ccccc2-c2ccccc21)NN=C1CCCCCC1. The minimum Gasteiger partial charge on any atom is -0.272 e. The molecule has 26 heavy (non-hydrogen) atoms. The van der Waals surface area contributed by atoms with E-state index >= 15 is 0 Å². The highest BCUT2D eigenvalue weighted by Crippen LogP contribution is 2.49. The number of hydrogen-bond acceptors (Lipinski definition) is 3. The quantitative estimate of drug-likeness (QED) is 0.589. The highest BCUT2D eigenvalue weighted by Gasteiger charge is 2.28. The van der Waals surface area contributed by atoms with E-state index in [0.717, 1.165) is 18.6 Å². The molecule has 1 amide bonds. The van der Waals surface area contributed by atoms with Gasteiger partial charge >= 0.3 is 0 Å². The summed E-state index contributed by atoms with van der Waals surface area (Å²) in [4.78, 5) is 12.3. The predicted octanol–water partition coefficient (Wildman–Crippen LogP) is 5.32. The molecule has 1 fully saturated rings. The summed E-state index contributed by atoms with van der Waals surface area (Å²) in [7, 11) is 0. The first-order valence-corrected chi connectivity index (χ1v) is 10.5. The number of nitrogens with one attached hydrogen (secondary N) is 1. The number of hydrogen-bond donors (Lipinski definition) is 1. The number of nitrogens with zero attached hydrogens (tertiary/aromatic N) is 1. The molecule has 0 bridgehead atoms. The van der Waals surface area contributed by atoms with E-state index in [-0.39, 0.29) is 11.2 Å². The van der Waals surface area contributed by atoms with Crippen LogP contribution in [0.15, 0.2) is 53.6 Å². The van der Waals surface area contributed by atoms with Crippen molar-refractivity contribution in [2.75, 3.05) is 5.75 Å². The van der Waals surface area contributed by atoms with Crippen LogP contribution in [0.2, 0.25) is 0 Å². The van der Waals surface area contributed by atoms with Crippen molar-refractivity contribution in [3.63, 3.8) is 0 Å². The van der Waals surface area contributed by atoms with Crippen molar-refractivity contribution >= 4 is 23.4 Å². The van der Waals surface area contributed by atoms with E-state index in [4.69, 9.17) is 0 Å². The molecule has 4 heteroatoms. The molecule has 2 aromatic rings. The number of hydrazone groups is 1. The Morgan fingerprint density at radius 3 is 2.12 bits per heavy atom. The maximum atomic E-state index is 12.3. The molecule has 0 saturated heterocycles. The predicted molar refractivity (Wildman–Crippen MR) is 109 cm³/mol. The van der Waals surface area contributed by atoms with Crippen LogP contribution in [0.25, 0.3) is 11.1 Å². The molecule has 2 aliphatic carbocycles. The second-order valence-electron chi connectivity index (χ2n) is 6.99. The Bertz CT molecular complexity index is 775. The third kappa shape index (κ3) is 3.70. The molecule has 4 rings (SSSR count). The zero-order valence-electron chi connectivity index (χ0n) is 14.9. The molecule has 0 heterocycles. The maximum absolute atomic E-state index is 12.3. The van der Waals surface area contributed by atoms with Gasteiger partial charge in [-0.3, -0.25) is 4.79 Å². The summed E-state index contributed by atoms with van der Waals surface area (Å²) in [5, 5.41) is 4.60. The second-order valence-corrected chi connectivity index (χ2v) is 8.09. The molecule has 0 unspecified atom stereocenters. The van der Waals surface area contributed by atoms with Crippen LogP contribution in [-0.2, 0) is 4.79 Å². The zero-order chi connectivity index (χ0) is 17.8. The van der Waals surface area contributed by atoms with Crippen molar-refractivity contribution in [1.82, 2.24) is 5.43 Å². The summed E-state index contributed by atoms with van der Waals surface area (Å²) in [6.07, 6.45) is 7.00. The standard InChI is InChI=1S/C22H24N2OS/c25-21(24-23-16-9-3-1-2-4-10-16)15-26-22-19-13-7-5-11-17(19)18-12-6-8-14-20(18)22/h5-8,11-14,22H,1-4,9-10,15H2,(H,24,25). The third-order valence-electron chi connectivity index (χ3n) is 5.18. The number of carbonyl (C=O) groups excluding carboxylic acids is 1. The number of thioether (sulfide) groups is 1. The first-order valence-electron chi connectivity index (χ1n) is 9.47. The summed E-state index contributed by atoms with van der Waals surface area (Å²) in [5.41, 5.74) is 9.13. The van der Waals surface area contributed by atoms with Crippen molar-refractivity contribution in [3.05, 3.63) is 59.7 Å². The minimum atomic E-state index is -0.00592. The topological polar surface area (TPSA) is 41.5 Å². The van der Waals surface area contributed by atoms with Crippen molar-refractivity contribution in [3.8, 4) is 11.1 Å². The van der Waals surface area contributed by atoms with Crippen LogP contribution in [0, 0.1) is 0 Å². The second kappa shape index (κ2) is 8.09. The molecule has 1 saturated carbocycles. The lowest BCUT2D eigenvalue weighted by molar-refractivity contribution is -0.118. The summed E-state index contributed by atoms with van der Waals surface area (Å²) in [5.74, 6) is 0.415. The molecule has 0 aromatic heterocycles. The summed E-state index contributed by atoms with van der Waals surface area (Å²) < 4.78 is 0. The molecule has 1 N–H and O–H groups in total. The van der Waals surface area contributed by atoms with Gasteiger partial charge in [0.05, 0.1) is 11.0 Å². The average molecular weight is 365 g/mol. The van der Waals surface area contributed by atoms with Gasteiger partial charge in [0.25, 0.3) is 0 Å². The highest BCUT2D eigenvalue weighted by molar-refractivity contribution is 8.00. The van der Waals surface area contributed by atoms with Crippen molar-refractivity contribution in [1.29, 1.82) is 0 Å². The lowest BCUT2D eigenvalue weighted by atomic mass is 10.1. The van der Waals surface area contributed by atoms with Gasteiger partial charge < -0.3 is 0 Å². The van der Waals surface area contributed by atoms with Crippen molar-refractivity contribution < 1.29 is 4.79 Å². The van der Waals surface area contributed by atoms with E-state index in [2.05, 4.69) is 59.1 Å². The number of fused-ring (bicyclic) bond motifs is 3. The maximum Gasteiger partial charge on any atom is 0.250 e. The first-order chi connectivity index (χ1) is 12.8. The van der Waals surface area contributed by atoms with Crippen LogP contribution in [0.4, 0.5) is 0 Å². The minimum absolute atomic E-state index is 0.00592. The van der Waals surface area contributed by atoms with Crippen LogP contribution in [0.5, 0.6) is 0 Å². The van der Waals surface area contributed by atoms with Crippen LogP contribution in [0.3, 0.4) is 0 Å². The number of rotatable bonds is 4. The molecule has 2 aliphatic rings. The Morgan fingerprint density at radius 2 is 1.50 bits per heavy atom. The van der Waals surface area contributed by atoms with Crippen LogP contribution in [-0.4, -0.2) is 17.4 Å². The highest BCUT2D eigenvalue weighted by atomic mass is 32.2. The van der Waals surface area contributed by atoms with Crippen LogP contribution >= 0.6 is 11.8 Å².